The van der Waals surface area contributed by atoms with E-state index in [2.05, 4.69) is 0 Å². The molecule has 0 bridgehead atoms. The lowest BCUT2D eigenvalue weighted by Crippen LogP contribution is -2.11. The second kappa shape index (κ2) is 7.70. The van der Waals surface area contributed by atoms with Crippen LogP contribution in [0.2, 0.25) is 0 Å². The van der Waals surface area contributed by atoms with Crippen LogP contribution in [0, 0.1) is 6.92 Å². The van der Waals surface area contributed by atoms with E-state index in [4.69, 9.17) is 13.9 Å². The van der Waals surface area contributed by atoms with E-state index in [1.165, 1.54) is 6.07 Å². The van der Waals surface area contributed by atoms with Gasteiger partial charge >= 0.3 is 0 Å². The van der Waals surface area contributed by atoms with E-state index in [-0.39, 0.29) is 40.3 Å². The minimum atomic E-state index is -0.386. The number of hydrogen-bond donors (Lipinski definition) is 2. The number of epoxide rings is 1. The van der Waals surface area contributed by atoms with Gasteiger partial charge in [0, 0.05) is 12.0 Å². The van der Waals surface area contributed by atoms with Crippen LogP contribution < -0.4 is 10.2 Å². The van der Waals surface area contributed by atoms with E-state index >= 15 is 0 Å². The van der Waals surface area contributed by atoms with Crippen molar-refractivity contribution in [1.29, 1.82) is 0 Å². The van der Waals surface area contributed by atoms with Crippen LogP contribution in [0.4, 0.5) is 0 Å². The molecule has 0 unspecified atom stereocenters. The molecule has 2 N–H and O–H groups in total. The second-order valence-corrected chi connectivity index (χ2v) is 8.92. The number of aliphatic hydroxyl groups excluding tert-OH is 1. The number of allylic oxidation sites excluding steroid dienone is 1. The first-order valence-corrected chi connectivity index (χ1v) is 10.4. The van der Waals surface area contributed by atoms with Crippen molar-refractivity contribution in [1.82, 2.24) is 0 Å². The van der Waals surface area contributed by atoms with Gasteiger partial charge in [-0.3, -0.25) is 4.79 Å². The first-order chi connectivity index (χ1) is 14.6. The van der Waals surface area contributed by atoms with E-state index in [9.17, 15) is 15.0 Å². The molecule has 6 heteroatoms. The predicted octanol–water partition coefficient (Wildman–Crippen LogP) is 4.52. The summed E-state index contributed by atoms with van der Waals surface area (Å²) in [4.78, 5) is 13.5. The van der Waals surface area contributed by atoms with Crippen LogP contribution in [0.5, 0.6) is 11.5 Å². The Labute approximate surface area is 180 Å². The Morgan fingerprint density at radius 2 is 1.97 bits per heavy atom. The van der Waals surface area contributed by atoms with Crippen LogP contribution >= 0.6 is 0 Å². The lowest BCUT2D eigenvalue weighted by atomic mass is 9.98. The normalized spacial score (nSPS) is 17.2. The van der Waals surface area contributed by atoms with Crippen molar-refractivity contribution < 1.29 is 24.1 Å². The summed E-state index contributed by atoms with van der Waals surface area (Å²) in [6, 6.07) is 5.02. The standard InChI is InChI=1S/C25H28O6/c1-13(2)8-9-29-23-14(3)10-18-20(16(23)12-26)22(28)21-17(27)7-6-15(24(21)30-18)11-19-25(4,5)31-19/h6-8,10,19,26-27H,9,11-12H2,1-5H3/t19-/m1/s1. The van der Waals surface area contributed by atoms with Crippen molar-refractivity contribution in [3.05, 3.63) is 56.8 Å². The topological polar surface area (TPSA) is 92.4 Å². The third-order valence-corrected chi connectivity index (χ3v) is 5.86. The highest BCUT2D eigenvalue weighted by atomic mass is 16.6. The Kier molecular flexibility index (Phi) is 5.31. The monoisotopic (exact) mass is 424 g/mol. The maximum atomic E-state index is 13.5. The van der Waals surface area contributed by atoms with E-state index in [0.717, 1.165) is 16.7 Å². The van der Waals surface area contributed by atoms with Crippen molar-refractivity contribution in [3.63, 3.8) is 0 Å². The van der Waals surface area contributed by atoms with Crippen molar-refractivity contribution in [2.45, 2.75) is 59.4 Å². The molecule has 2 heterocycles. The summed E-state index contributed by atoms with van der Waals surface area (Å²) >= 11 is 0. The molecule has 31 heavy (non-hydrogen) atoms. The molecule has 0 amide bonds. The molecule has 0 spiro atoms. The lowest BCUT2D eigenvalue weighted by Gasteiger charge is -2.15. The number of aryl methyl sites for hydroxylation is 1. The zero-order chi connectivity index (χ0) is 22.5. The molecule has 0 saturated carbocycles. The Morgan fingerprint density at radius 3 is 2.58 bits per heavy atom. The number of hydrogen-bond acceptors (Lipinski definition) is 6. The molecular formula is C25H28O6. The van der Waals surface area contributed by atoms with Gasteiger partial charge in [-0.05, 0) is 64.0 Å². The van der Waals surface area contributed by atoms with Gasteiger partial charge in [-0.1, -0.05) is 11.6 Å². The molecule has 1 aromatic heterocycles. The molecule has 3 aromatic rings. The van der Waals surface area contributed by atoms with Gasteiger partial charge in [0.05, 0.1) is 23.7 Å². The summed E-state index contributed by atoms with van der Waals surface area (Å²) < 4.78 is 17.7. The SMILES string of the molecule is CC(C)=CCOc1c(C)cc2oc3c(C[C@H]4OC4(C)C)ccc(O)c3c(=O)c2c1CO. The van der Waals surface area contributed by atoms with E-state index < -0.39 is 0 Å². The fraction of sp³-hybridized carbons (Fsp3) is 0.400. The maximum Gasteiger partial charge on any atom is 0.204 e. The molecule has 1 fully saturated rings. The first-order valence-electron chi connectivity index (χ1n) is 10.4. The summed E-state index contributed by atoms with van der Waals surface area (Å²) in [5.41, 5.74) is 3.15. The molecule has 2 aromatic carbocycles. The number of phenols is 1. The number of ether oxygens (including phenoxy) is 2. The largest absolute Gasteiger partial charge is 0.507 e. The number of phenolic OH excluding ortho intramolecular Hbond substituents is 1. The summed E-state index contributed by atoms with van der Waals surface area (Å²) in [6.07, 6.45) is 2.53. The van der Waals surface area contributed by atoms with Gasteiger partial charge in [0.2, 0.25) is 5.43 Å². The first kappa shape index (κ1) is 21.4. The molecule has 1 atom stereocenters. The van der Waals surface area contributed by atoms with Gasteiger partial charge in [-0.2, -0.15) is 0 Å². The van der Waals surface area contributed by atoms with Gasteiger partial charge in [0.1, 0.15) is 34.7 Å². The molecule has 0 aliphatic carbocycles. The minimum Gasteiger partial charge on any atom is -0.507 e. The molecule has 4 rings (SSSR count). The third-order valence-electron chi connectivity index (χ3n) is 5.86. The minimum absolute atomic E-state index is 0.0295. The van der Waals surface area contributed by atoms with Crippen LogP contribution in [-0.2, 0) is 17.8 Å². The van der Waals surface area contributed by atoms with Crippen molar-refractivity contribution in [2.75, 3.05) is 6.61 Å². The number of benzene rings is 2. The van der Waals surface area contributed by atoms with Crippen LogP contribution in [0.1, 0.15) is 44.4 Å². The second-order valence-electron chi connectivity index (χ2n) is 8.92. The summed E-state index contributed by atoms with van der Waals surface area (Å²) in [6.45, 7) is 9.76. The third kappa shape index (κ3) is 3.82. The fourth-order valence-corrected chi connectivity index (χ4v) is 3.97. The van der Waals surface area contributed by atoms with Gasteiger partial charge in [-0.25, -0.2) is 0 Å². The molecule has 0 radical (unpaired) electrons. The van der Waals surface area contributed by atoms with E-state index in [1.54, 1.807) is 12.1 Å². The van der Waals surface area contributed by atoms with E-state index in [1.807, 2.05) is 40.7 Å². The molecule has 6 nitrogen and oxygen atoms in total. The number of aliphatic hydroxyl groups is 1. The highest BCUT2D eigenvalue weighted by Gasteiger charge is 2.47. The summed E-state index contributed by atoms with van der Waals surface area (Å²) in [5, 5.41) is 20.9. The van der Waals surface area contributed by atoms with Gasteiger partial charge in [0.15, 0.2) is 0 Å². The van der Waals surface area contributed by atoms with Gasteiger partial charge < -0.3 is 24.1 Å². The van der Waals surface area contributed by atoms with E-state index in [0.29, 0.717) is 35.5 Å². The van der Waals surface area contributed by atoms with Gasteiger partial charge in [-0.15, -0.1) is 0 Å². The smallest absolute Gasteiger partial charge is 0.204 e. The van der Waals surface area contributed by atoms with Gasteiger partial charge in [0.25, 0.3) is 0 Å². The highest BCUT2D eigenvalue weighted by molar-refractivity contribution is 5.97. The number of rotatable bonds is 6. The Balaban J connectivity index is 1.93. The highest BCUT2D eigenvalue weighted by Crippen LogP contribution is 2.40. The zero-order valence-electron chi connectivity index (χ0n) is 18.5. The lowest BCUT2D eigenvalue weighted by molar-refractivity contribution is 0.271. The Bertz CT molecular complexity index is 1260. The molecule has 164 valence electrons. The quantitative estimate of drug-likeness (QED) is 0.343. The number of aromatic hydroxyl groups is 1. The zero-order valence-corrected chi connectivity index (χ0v) is 18.5. The molecular weight excluding hydrogens is 396 g/mol. The van der Waals surface area contributed by atoms with Crippen LogP contribution in [0.25, 0.3) is 21.9 Å². The van der Waals surface area contributed by atoms with Crippen molar-refractivity contribution in [3.8, 4) is 11.5 Å². The fourth-order valence-electron chi connectivity index (χ4n) is 3.97. The number of fused-ring (bicyclic) bond motifs is 2. The van der Waals surface area contributed by atoms with Crippen molar-refractivity contribution >= 4 is 21.9 Å². The maximum absolute atomic E-state index is 13.5. The summed E-state index contributed by atoms with van der Waals surface area (Å²) in [7, 11) is 0. The average molecular weight is 424 g/mol. The molecule has 1 aliphatic heterocycles. The average Bonchev–Trinajstić information content (AvgIpc) is 3.30. The van der Waals surface area contributed by atoms with Crippen LogP contribution in [-0.4, -0.2) is 28.5 Å². The molecule has 1 saturated heterocycles. The van der Waals surface area contributed by atoms with Crippen molar-refractivity contribution in [2.24, 2.45) is 0 Å². The Morgan fingerprint density at radius 1 is 1.26 bits per heavy atom. The molecule has 1 aliphatic rings. The summed E-state index contributed by atoms with van der Waals surface area (Å²) in [5.74, 6) is 0.310. The Hall–Kier alpha value is -2.83. The van der Waals surface area contributed by atoms with Crippen LogP contribution in [0.3, 0.4) is 0 Å². The van der Waals surface area contributed by atoms with Crippen LogP contribution in [0.15, 0.2) is 39.1 Å². The predicted molar refractivity (Wildman–Crippen MR) is 120 cm³/mol.